The quantitative estimate of drug-likeness (QED) is 0.762. The molecule has 10 heteroatoms. The number of hydrogen-bond acceptors (Lipinski definition) is 6. The maximum atomic E-state index is 12.8. The highest BCUT2D eigenvalue weighted by molar-refractivity contribution is 6.44. The molecule has 1 N–H and O–H groups in total. The Balaban J connectivity index is 1.93. The fourth-order valence-corrected chi connectivity index (χ4v) is 2.80. The number of methoxy groups -OCH3 is 2. The lowest BCUT2D eigenvalue weighted by atomic mass is 10.0. The molecule has 0 saturated carbocycles. The van der Waals surface area contributed by atoms with Crippen LogP contribution in [-0.4, -0.2) is 37.5 Å². The van der Waals surface area contributed by atoms with Crippen molar-refractivity contribution in [3.05, 3.63) is 53.8 Å². The van der Waals surface area contributed by atoms with Gasteiger partial charge in [-0.1, -0.05) is 6.07 Å². The van der Waals surface area contributed by atoms with Crippen LogP contribution in [-0.2, 0) is 9.59 Å². The van der Waals surface area contributed by atoms with Gasteiger partial charge in [0.05, 0.1) is 25.5 Å². The highest BCUT2D eigenvalue weighted by Crippen LogP contribution is 2.36. The standard InChI is InChI=1S/C19H14F3NO6/c1-27-13-8-3-10(9-14(13)28-2)15-16(24)18(26)23(17(15)25)11-4-6-12(7-5-11)29-19(20,21)22/h3-9,24H,1-2H3. The number of hydrogen-bond donors (Lipinski definition) is 1. The topological polar surface area (TPSA) is 85.3 Å². The van der Waals surface area contributed by atoms with Crippen molar-refractivity contribution in [2.24, 2.45) is 0 Å². The van der Waals surface area contributed by atoms with E-state index in [1.165, 1.54) is 32.4 Å². The average Bonchev–Trinajstić information content (AvgIpc) is 2.89. The number of carbonyl (C=O) groups is 2. The van der Waals surface area contributed by atoms with Crippen molar-refractivity contribution < 1.29 is 42.1 Å². The molecule has 0 aliphatic carbocycles. The number of aliphatic hydroxyl groups is 1. The number of benzene rings is 2. The van der Waals surface area contributed by atoms with Crippen LogP contribution in [0.25, 0.3) is 5.57 Å². The first kappa shape index (κ1) is 20.1. The lowest BCUT2D eigenvalue weighted by Gasteiger charge is -2.16. The number of ether oxygens (including phenoxy) is 3. The molecule has 0 fully saturated rings. The second-order valence-corrected chi connectivity index (χ2v) is 5.78. The van der Waals surface area contributed by atoms with Crippen LogP contribution in [0.2, 0.25) is 0 Å². The Kier molecular flexibility index (Phi) is 5.10. The molecule has 2 aromatic carbocycles. The minimum Gasteiger partial charge on any atom is -0.502 e. The van der Waals surface area contributed by atoms with Crippen LogP contribution in [0.5, 0.6) is 17.2 Å². The molecule has 2 amide bonds. The van der Waals surface area contributed by atoms with Gasteiger partial charge in [-0.3, -0.25) is 9.59 Å². The van der Waals surface area contributed by atoms with Crippen LogP contribution in [0.4, 0.5) is 18.9 Å². The maximum Gasteiger partial charge on any atom is 0.573 e. The van der Waals surface area contributed by atoms with E-state index in [0.29, 0.717) is 10.6 Å². The summed E-state index contributed by atoms with van der Waals surface area (Å²) in [6, 6.07) is 8.48. The van der Waals surface area contributed by atoms with Crippen molar-refractivity contribution >= 4 is 23.1 Å². The molecule has 0 bridgehead atoms. The second kappa shape index (κ2) is 7.38. The van der Waals surface area contributed by atoms with Gasteiger partial charge in [0.15, 0.2) is 17.3 Å². The van der Waals surface area contributed by atoms with Crippen LogP contribution < -0.4 is 19.1 Å². The van der Waals surface area contributed by atoms with E-state index < -0.39 is 29.7 Å². The number of alkyl halides is 3. The summed E-state index contributed by atoms with van der Waals surface area (Å²) in [5.41, 5.74) is -0.0962. The zero-order chi connectivity index (χ0) is 21.3. The van der Waals surface area contributed by atoms with E-state index in [1.807, 2.05) is 0 Å². The summed E-state index contributed by atoms with van der Waals surface area (Å²) in [5, 5.41) is 10.2. The molecule has 0 spiro atoms. The van der Waals surface area contributed by atoms with Gasteiger partial charge in [-0.2, -0.15) is 0 Å². The first-order valence-corrected chi connectivity index (χ1v) is 8.06. The fraction of sp³-hybridized carbons (Fsp3) is 0.158. The van der Waals surface area contributed by atoms with Crippen LogP contribution in [0.3, 0.4) is 0 Å². The van der Waals surface area contributed by atoms with Gasteiger partial charge >= 0.3 is 12.3 Å². The van der Waals surface area contributed by atoms with Crippen molar-refractivity contribution in [1.29, 1.82) is 0 Å². The molecule has 0 aromatic heterocycles. The third-order valence-corrected chi connectivity index (χ3v) is 4.06. The number of rotatable bonds is 5. The molecule has 1 heterocycles. The highest BCUT2D eigenvalue weighted by atomic mass is 19.4. The van der Waals surface area contributed by atoms with Gasteiger partial charge in [-0.15, -0.1) is 13.2 Å². The van der Waals surface area contributed by atoms with Gasteiger partial charge in [0.1, 0.15) is 5.75 Å². The molecular formula is C19H14F3NO6. The van der Waals surface area contributed by atoms with Crippen LogP contribution in [0.1, 0.15) is 5.56 Å². The smallest absolute Gasteiger partial charge is 0.502 e. The fourth-order valence-electron chi connectivity index (χ4n) is 2.80. The van der Waals surface area contributed by atoms with E-state index in [4.69, 9.17) is 9.47 Å². The largest absolute Gasteiger partial charge is 0.573 e. The number of carbonyl (C=O) groups excluding carboxylic acids is 2. The van der Waals surface area contributed by atoms with Crippen molar-refractivity contribution in [2.45, 2.75) is 6.36 Å². The zero-order valence-electron chi connectivity index (χ0n) is 15.1. The van der Waals surface area contributed by atoms with E-state index in [2.05, 4.69) is 4.74 Å². The number of amides is 2. The molecule has 152 valence electrons. The summed E-state index contributed by atoms with van der Waals surface area (Å²) < 4.78 is 50.8. The van der Waals surface area contributed by atoms with Gasteiger partial charge in [0.25, 0.3) is 5.91 Å². The predicted molar refractivity (Wildman–Crippen MR) is 94.7 cm³/mol. The monoisotopic (exact) mass is 409 g/mol. The second-order valence-electron chi connectivity index (χ2n) is 5.78. The van der Waals surface area contributed by atoms with Gasteiger partial charge in [0, 0.05) is 0 Å². The Morgan fingerprint density at radius 2 is 1.52 bits per heavy atom. The van der Waals surface area contributed by atoms with Gasteiger partial charge in [-0.25, -0.2) is 4.90 Å². The number of halogens is 3. The lowest BCUT2D eigenvalue weighted by Crippen LogP contribution is -2.31. The molecule has 1 aliphatic heterocycles. The van der Waals surface area contributed by atoms with E-state index >= 15 is 0 Å². The Morgan fingerprint density at radius 3 is 2.07 bits per heavy atom. The highest BCUT2D eigenvalue weighted by Gasteiger charge is 2.40. The number of nitrogens with zero attached hydrogens (tertiary/aromatic N) is 1. The van der Waals surface area contributed by atoms with Crippen molar-refractivity contribution in [2.75, 3.05) is 19.1 Å². The predicted octanol–water partition coefficient (Wildman–Crippen LogP) is 3.44. The first-order valence-electron chi connectivity index (χ1n) is 8.06. The zero-order valence-corrected chi connectivity index (χ0v) is 15.1. The third-order valence-electron chi connectivity index (χ3n) is 4.06. The Morgan fingerprint density at radius 1 is 0.897 bits per heavy atom. The molecule has 0 saturated heterocycles. The van der Waals surface area contributed by atoms with E-state index in [1.54, 1.807) is 0 Å². The number of aliphatic hydroxyl groups excluding tert-OH is 1. The molecule has 3 rings (SSSR count). The molecule has 0 radical (unpaired) electrons. The Bertz CT molecular complexity index is 998. The number of anilines is 1. The summed E-state index contributed by atoms with van der Waals surface area (Å²) in [5.74, 6) is -2.51. The molecule has 1 aliphatic rings. The van der Waals surface area contributed by atoms with Gasteiger partial charge < -0.3 is 19.3 Å². The minimum absolute atomic E-state index is 0.0310. The molecule has 29 heavy (non-hydrogen) atoms. The SMILES string of the molecule is COc1ccc(C2=C(O)C(=O)N(c3ccc(OC(F)(F)F)cc3)C2=O)cc1OC. The summed E-state index contributed by atoms with van der Waals surface area (Å²) in [6.07, 6.45) is -4.87. The number of imide groups is 1. The molecule has 0 unspecified atom stereocenters. The maximum absolute atomic E-state index is 12.8. The summed E-state index contributed by atoms with van der Waals surface area (Å²) in [6.45, 7) is 0. The van der Waals surface area contributed by atoms with E-state index in [9.17, 15) is 27.9 Å². The first-order chi connectivity index (χ1) is 13.7. The van der Waals surface area contributed by atoms with Gasteiger partial charge in [-0.05, 0) is 42.0 Å². The average molecular weight is 409 g/mol. The van der Waals surface area contributed by atoms with Crippen molar-refractivity contribution in [3.63, 3.8) is 0 Å². The summed E-state index contributed by atoms with van der Waals surface area (Å²) in [4.78, 5) is 25.9. The normalized spacial score (nSPS) is 14.4. The molecule has 0 atom stereocenters. The van der Waals surface area contributed by atoms with Crippen LogP contribution in [0.15, 0.2) is 48.2 Å². The van der Waals surface area contributed by atoms with Crippen molar-refractivity contribution in [1.82, 2.24) is 0 Å². The Labute approximate surface area is 162 Å². The van der Waals surface area contributed by atoms with Gasteiger partial charge in [0.2, 0.25) is 0 Å². The van der Waals surface area contributed by atoms with E-state index in [-0.39, 0.29) is 22.6 Å². The lowest BCUT2D eigenvalue weighted by molar-refractivity contribution is -0.274. The molecular weight excluding hydrogens is 395 g/mol. The summed E-state index contributed by atoms with van der Waals surface area (Å²) in [7, 11) is 2.81. The van der Waals surface area contributed by atoms with Crippen LogP contribution in [0, 0.1) is 0 Å². The molecule has 2 aromatic rings. The third kappa shape index (κ3) is 3.82. The van der Waals surface area contributed by atoms with E-state index in [0.717, 1.165) is 24.3 Å². The minimum atomic E-state index is -4.87. The molecule has 7 nitrogen and oxygen atoms in total. The Hall–Kier alpha value is -3.69. The van der Waals surface area contributed by atoms with Crippen LogP contribution >= 0.6 is 0 Å². The summed E-state index contributed by atoms with van der Waals surface area (Å²) >= 11 is 0. The van der Waals surface area contributed by atoms with Crippen molar-refractivity contribution in [3.8, 4) is 17.2 Å².